The zero-order valence-electron chi connectivity index (χ0n) is 13.8. The molecule has 2 aromatic rings. The van der Waals surface area contributed by atoms with Gasteiger partial charge in [-0.1, -0.05) is 18.2 Å². The number of rotatable bonds is 5. The third kappa shape index (κ3) is 3.41. The van der Waals surface area contributed by atoms with Crippen LogP contribution in [0.1, 0.15) is 28.8 Å². The number of aromatic nitrogens is 1. The molecule has 0 bridgehead atoms. The van der Waals surface area contributed by atoms with E-state index in [9.17, 15) is 4.79 Å². The Kier molecular flexibility index (Phi) is 5.11. The maximum atomic E-state index is 12.4. The summed E-state index contributed by atoms with van der Waals surface area (Å²) in [4.78, 5) is 16.4. The maximum absolute atomic E-state index is 12.4. The largest absolute Gasteiger partial charge is 0.496 e. The van der Waals surface area contributed by atoms with Gasteiger partial charge in [-0.15, -0.1) is 0 Å². The van der Waals surface area contributed by atoms with Crippen molar-refractivity contribution in [2.75, 3.05) is 26.9 Å². The lowest BCUT2D eigenvalue weighted by Gasteiger charge is -2.38. The molecular weight excluding hydrogens is 304 g/mol. The van der Waals surface area contributed by atoms with Crippen LogP contribution in [0.3, 0.4) is 0 Å². The van der Waals surface area contributed by atoms with Gasteiger partial charge in [-0.05, 0) is 31.0 Å². The highest BCUT2D eigenvalue weighted by atomic mass is 16.5. The second-order valence-electron chi connectivity index (χ2n) is 6.02. The van der Waals surface area contributed by atoms with E-state index in [1.807, 2.05) is 18.2 Å². The van der Waals surface area contributed by atoms with Crippen molar-refractivity contribution in [3.8, 4) is 5.75 Å². The number of nitrogens with zero attached hydrogens (tertiary/aromatic N) is 1. The monoisotopic (exact) mass is 326 g/mol. The second-order valence-corrected chi connectivity index (χ2v) is 6.02. The molecule has 3 rings (SSSR count). The Balaban J connectivity index is 1.83. The van der Waals surface area contributed by atoms with E-state index < -0.39 is 0 Å². The van der Waals surface area contributed by atoms with Gasteiger partial charge in [0.1, 0.15) is 5.75 Å². The number of nitrogens with one attached hydrogen (secondary N) is 1. The molecule has 24 heavy (non-hydrogen) atoms. The highest BCUT2D eigenvalue weighted by molar-refractivity contribution is 5.93. The topological polar surface area (TPSA) is 60.5 Å². The van der Waals surface area contributed by atoms with E-state index in [0.717, 1.165) is 24.2 Å². The Morgan fingerprint density at radius 1 is 1.25 bits per heavy atom. The number of methoxy groups -OCH3 is 1. The molecule has 1 aromatic carbocycles. The number of pyridine rings is 1. The molecule has 0 atom stereocenters. The van der Waals surface area contributed by atoms with E-state index >= 15 is 0 Å². The van der Waals surface area contributed by atoms with Gasteiger partial charge in [0.2, 0.25) is 0 Å². The average Bonchev–Trinajstić information content (AvgIpc) is 2.67. The first-order valence-corrected chi connectivity index (χ1v) is 8.15. The van der Waals surface area contributed by atoms with Gasteiger partial charge in [0.15, 0.2) is 0 Å². The van der Waals surface area contributed by atoms with E-state index in [1.54, 1.807) is 31.6 Å². The van der Waals surface area contributed by atoms with Crippen LogP contribution < -0.4 is 10.1 Å². The third-order valence-electron chi connectivity index (χ3n) is 4.64. The van der Waals surface area contributed by atoms with Crippen LogP contribution >= 0.6 is 0 Å². The fourth-order valence-electron chi connectivity index (χ4n) is 3.23. The van der Waals surface area contributed by atoms with Gasteiger partial charge in [0.25, 0.3) is 5.91 Å². The summed E-state index contributed by atoms with van der Waals surface area (Å²) in [5.74, 6) is 0.749. The Hall–Kier alpha value is -2.40. The summed E-state index contributed by atoms with van der Waals surface area (Å²) >= 11 is 0. The predicted molar refractivity (Wildman–Crippen MR) is 91.3 cm³/mol. The smallest absolute Gasteiger partial charge is 0.252 e. The number of para-hydroxylation sites is 1. The van der Waals surface area contributed by atoms with Crippen molar-refractivity contribution in [1.29, 1.82) is 0 Å². The van der Waals surface area contributed by atoms with Gasteiger partial charge in [-0.25, -0.2) is 0 Å². The zero-order valence-corrected chi connectivity index (χ0v) is 13.8. The number of ether oxygens (including phenoxy) is 2. The molecule has 0 radical (unpaired) electrons. The highest BCUT2D eigenvalue weighted by Crippen LogP contribution is 2.39. The SMILES string of the molecule is COc1ccccc1C1(CNC(=O)c2cccnc2)CCOCC1. The van der Waals surface area contributed by atoms with Crippen LogP contribution in [0.15, 0.2) is 48.8 Å². The lowest BCUT2D eigenvalue weighted by Crippen LogP contribution is -2.44. The number of hydrogen-bond acceptors (Lipinski definition) is 4. The normalized spacial score (nSPS) is 16.4. The summed E-state index contributed by atoms with van der Waals surface area (Å²) in [5.41, 5.74) is 1.52. The molecule has 1 aliphatic heterocycles. The standard InChI is InChI=1S/C19H22N2O3/c1-23-17-7-3-2-6-16(17)19(8-11-24-12-9-19)14-21-18(22)15-5-4-10-20-13-15/h2-7,10,13H,8-9,11-12,14H2,1H3,(H,21,22). The average molecular weight is 326 g/mol. The van der Waals surface area contributed by atoms with Gasteiger partial charge in [-0.3, -0.25) is 9.78 Å². The van der Waals surface area contributed by atoms with Crippen molar-refractivity contribution in [2.24, 2.45) is 0 Å². The predicted octanol–water partition coefficient (Wildman–Crippen LogP) is 2.57. The fraction of sp³-hybridized carbons (Fsp3) is 0.368. The van der Waals surface area contributed by atoms with Gasteiger partial charge < -0.3 is 14.8 Å². The van der Waals surface area contributed by atoms with Crippen LogP contribution in [0.25, 0.3) is 0 Å². The van der Waals surface area contributed by atoms with Crippen LogP contribution in [-0.2, 0) is 10.2 Å². The lowest BCUT2D eigenvalue weighted by atomic mass is 9.73. The minimum Gasteiger partial charge on any atom is -0.496 e. The van der Waals surface area contributed by atoms with Crippen molar-refractivity contribution < 1.29 is 14.3 Å². The molecule has 5 nitrogen and oxygen atoms in total. The molecule has 1 aliphatic rings. The molecule has 0 unspecified atom stereocenters. The summed E-state index contributed by atoms with van der Waals surface area (Å²) < 4.78 is 11.1. The number of amides is 1. The van der Waals surface area contributed by atoms with E-state index in [4.69, 9.17) is 9.47 Å². The van der Waals surface area contributed by atoms with Crippen molar-refractivity contribution in [3.63, 3.8) is 0 Å². The lowest BCUT2D eigenvalue weighted by molar-refractivity contribution is 0.0479. The van der Waals surface area contributed by atoms with E-state index in [2.05, 4.69) is 16.4 Å². The number of benzene rings is 1. The van der Waals surface area contributed by atoms with Gasteiger partial charge in [0.05, 0.1) is 12.7 Å². The Bertz CT molecular complexity index is 682. The molecule has 126 valence electrons. The van der Waals surface area contributed by atoms with E-state index in [1.165, 1.54) is 0 Å². The first kappa shape index (κ1) is 16.5. The van der Waals surface area contributed by atoms with Crippen molar-refractivity contribution in [3.05, 3.63) is 59.9 Å². The molecule has 5 heteroatoms. The van der Waals surface area contributed by atoms with Crippen molar-refractivity contribution >= 4 is 5.91 Å². The molecule has 1 fully saturated rings. The van der Waals surface area contributed by atoms with Crippen LogP contribution in [0, 0.1) is 0 Å². The molecule has 2 heterocycles. The number of carbonyl (C=O) groups excluding carboxylic acids is 1. The Labute approximate surface area is 142 Å². The van der Waals surface area contributed by atoms with Crippen LogP contribution in [0.4, 0.5) is 0 Å². The molecule has 0 spiro atoms. The molecular formula is C19H22N2O3. The van der Waals surface area contributed by atoms with Crippen LogP contribution in [0.2, 0.25) is 0 Å². The molecule has 1 saturated heterocycles. The van der Waals surface area contributed by atoms with Gasteiger partial charge >= 0.3 is 0 Å². The first-order chi connectivity index (χ1) is 11.7. The van der Waals surface area contributed by atoms with Gasteiger partial charge in [0, 0.05) is 43.1 Å². The van der Waals surface area contributed by atoms with Gasteiger partial charge in [-0.2, -0.15) is 0 Å². The second kappa shape index (κ2) is 7.45. The van der Waals surface area contributed by atoms with Crippen LogP contribution in [0.5, 0.6) is 5.75 Å². The summed E-state index contributed by atoms with van der Waals surface area (Å²) in [7, 11) is 1.68. The Morgan fingerprint density at radius 2 is 2.04 bits per heavy atom. The van der Waals surface area contributed by atoms with E-state index in [0.29, 0.717) is 25.3 Å². The third-order valence-corrected chi connectivity index (χ3v) is 4.64. The van der Waals surface area contributed by atoms with E-state index in [-0.39, 0.29) is 11.3 Å². The van der Waals surface area contributed by atoms with Crippen molar-refractivity contribution in [2.45, 2.75) is 18.3 Å². The highest BCUT2D eigenvalue weighted by Gasteiger charge is 2.37. The number of carbonyl (C=O) groups is 1. The molecule has 0 saturated carbocycles. The zero-order chi connectivity index (χ0) is 16.8. The summed E-state index contributed by atoms with van der Waals surface area (Å²) in [6, 6.07) is 11.6. The minimum atomic E-state index is -0.178. The summed E-state index contributed by atoms with van der Waals surface area (Å²) in [5, 5.41) is 3.07. The summed E-state index contributed by atoms with van der Waals surface area (Å²) in [6.45, 7) is 1.91. The first-order valence-electron chi connectivity index (χ1n) is 8.15. The van der Waals surface area contributed by atoms with Crippen molar-refractivity contribution in [1.82, 2.24) is 10.3 Å². The molecule has 0 aliphatic carbocycles. The van der Waals surface area contributed by atoms with Crippen LogP contribution in [-0.4, -0.2) is 37.8 Å². The molecule has 1 N–H and O–H groups in total. The molecule has 1 amide bonds. The fourth-order valence-corrected chi connectivity index (χ4v) is 3.23. The number of hydrogen-bond donors (Lipinski definition) is 1. The Morgan fingerprint density at radius 3 is 2.75 bits per heavy atom. The molecule has 1 aromatic heterocycles. The summed E-state index contributed by atoms with van der Waals surface area (Å²) in [6.07, 6.45) is 4.93. The maximum Gasteiger partial charge on any atom is 0.252 e. The quantitative estimate of drug-likeness (QED) is 0.917. The minimum absolute atomic E-state index is 0.108.